The summed E-state index contributed by atoms with van der Waals surface area (Å²) in [5, 5.41) is 0. The molecule has 1 aromatic rings. The zero-order valence-electron chi connectivity index (χ0n) is 14.7. The van der Waals surface area contributed by atoms with Crippen molar-refractivity contribution in [3.8, 4) is 11.5 Å². The van der Waals surface area contributed by atoms with Crippen LogP contribution in [0, 0.1) is 6.92 Å². The van der Waals surface area contributed by atoms with E-state index in [0.717, 1.165) is 49.5 Å². The molecule has 0 bridgehead atoms. The van der Waals surface area contributed by atoms with Crippen molar-refractivity contribution in [2.45, 2.75) is 25.4 Å². The normalized spacial score (nSPS) is 24.3. The highest BCUT2D eigenvalue weighted by Gasteiger charge is 2.46. The molecule has 132 valence electrons. The van der Waals surface area contributed by atoms with Gasteiger partial charge in [-0.3, -0.25) is 4.90 Å². The number of hydrogen-bond acceptors (Lipinski definition) is 5. The van der Waals surface area contributed by atoms with Crippen LogP contribution in [-0.2, 0) is 4.74 Å². The number of aryl methyl sites for hydroxylation is 1. The van der Waals surface area contributed by atoms with Crippen LogP contribution < -0.4 is 9.47 Å². The molecule has 24 heavy (non-hydrogen) atoms. The first kappa shape index (κ1) is 16.9. The van der Waals surface area contributed by atoms with Crippen LogP contribution >= 0.6 is 0 Å². The topological polar surface area (TPSA) is 51.2 Å². The Bertz CT molecular complexity index is 607. The number of likely N-dealkylation sites (N-methyl/N-ethyl adjacent to an activating group) is 1. The maximum absolute atomic E-state index is 11.7. The predicted octanol–water partition coefficient (Wildman–Crippen LogP) is 2.30. The number of rotatable bonds is 5. The standard InChI is InChI=1S/C18H26N2O4/c1-14-5-6-15(16(11-14)22-3)23-10-9-20-8-4-7-18(13-20)12-19(2)17(21)24-18/h5-6,11H,4,7-10,12-13H2,1-3H3. The van der Waals surface area contributed by atoms with Crippen molar-refractivity contribution < 1.29 is 19.0 Å². The van der Waals surface area contributed by atoms with Gasteiger partial charge in [0, 0.05) is 20.1 Å². The first-order valence-electron chi connectivity index (χ1n) is 8.45. The van der Waals surface area contributed by atoms with Crippen molar-refractivity contribution >= 4 is 6.09 Å². The average Bonchev–Trinajstić information content (AvgIpc) is 2.82. The van der Waals surface area contributed by atoms with Gasteiger partial charge >= 0.3 is 6.09 Å². The Morgan fingerprint density at radius 3 is 2.83 bits per heavy atom. The number of methoxy groups -OCH3 is 1. The van der Waals surface area contributed by atoms with E-state index in [1.165, 1.54) is 0 Å². The van der Waals surface area contributed by atoms with E-state index in [1.54, 1.807) is 19.1 Å². The molecule has 0 aromatic heterocycles. The molecular formula is C18H26N2O4. The van der Waals surface area contributed by atoms with Crippen LogP contribution in [0.25, 0.3) is 0 Å². The Morgan fingerprint density at radius 1 is 1.29 bits per heavy atom. The van der Waals surface area contributed by atoms with E-state index in [0.29, 0.717) is 13.2 Å². The zero-order chi connectivity index (χ0) is 17.2. The monoisotopic (exact) mass is 334 g/mol. The Morgan fingerprint density at radius 2 is 2.12 bits per heavy atom. The van der Waals surface area contributed by atoms with Crippen LogP contribution in [0.2, 0.25) is 0 Å². The third kappa shape index (κ3) is 3.59. The van der Waals surface area contributed by atoms with E-state index in [9.17, 15) is 4.79 Å². The Labute approximate surface area is 143 Å². The fourth-order valence-electron chi connectivity index (χ4n) is 3.56. The highest BCUT2D eigenvalue weighted by Crippen LogP contribution is 2.31. The predicted molar refractivity (Wildman–Crippen MR) is 90.7 cm³/mol. The van der Waals surface area contributed by atoms with Crippen molar-refractivity contribution in [2.75, 3.05) is 46.9 Å². The lowest BCUT2D eigenvalue weighted by Crippen LogP contribution is -2.51. The lowest BCUT2D eigenvalue weighted by atomic mass is 9.93. The largest absolute Gasteiger partial charge is 0.493 e. The molecule has 1 spiro atoms. The molecule has 1 aromatic carbocycles. The van der Waals surface area contributed by atoms with Gasteiger partial charge in [-0.25, -0.2) is 4.79 Å². The number of benzene rings is 1. The van der Waals surface area contributed by atoms with Crippen LogP contribution in [0.15, 0.2) is 18.2 Å². The van der Waals surface area contributed by atoms with E-state index in [-0.39, 0.29) is 11.7 Å². The number of nitrogens with zero attached hydrogens (tertiary/aromatic N) is 2. The maximum Gasteiger partial charge on any atom is 0.410 e. The number of carbonyl (C=O) groups is 1. The van der Waals surface area contributed by atoms with Gasteiger partial charge in [0.2, 0.25) is 0 Å². The highest BCUT2D eigenvalue weighted by atomic mass is 16.6. The number of ether oxygens (including phenoxy) is 3. The van der Waals surface area contributed by atoms with Crippen LogP contribution in [0.1, 0.15) is 18.4 Å². The molecule has 6 heteroatoms. The fourth-order valence-corrected chi connectivity index (χ4v) is 3.56. The molecular weight excluding hydrogens is 308 g/mol. The van der Waals surface area contributed by atoms with Gasteiger partial charge in [-0.15, -0.1) is 0 Å². The average molecular weight is 334 g/mol. The fraction of sp³-hybridized carbons (Fsp3) is 0.611. The summed E-state index contributed by atoms with van der Waals surface area (Å²) in [6.45, 7) is 5.88. The summed E-state index contributed by atoms with van der Waals surface area (Å²) in [6, 6.07) is 5.93. The minimum Gasteiger partial charge on any atom is -0.493 e. The van der Waals surface area contributed by atoms with Gasteiger partial charge in [0.1, 0.15) is 12.2 Å². The molecule has 2 saturated heterocycles. The molecule has 2 heterocycles. The molecule has 2 aliphatic heterocycles. The molecule has 0 N–H and O–H groups in total. The van der Waals surface area contributed by atoms with E-state index in [2.05, 4.69) is 4.90 Å². The van der Waals surface area contributed by atoms with E-state index >= 15 is 0 Å². The molecule has 3 rings (SSSR count). The third-order valence-electron chi connectivity index (χ3n) is 4.74. The van der Waals surface area contributed by atoms with Crippen LogP contribution in [0.3, 0.4) is 0 Å². The molecule has 1 atom stereocenters. The molecule has 2 fully saturated rings. The van der Waals surface area contributed by atoms with Crippen LogP contribution in [-0.4, -0.2) is 68.4 Å². The van der Waals surface area contributed by atoms with Crippen molar-refractivity contribution in [3.05, 3.63) is 23.8 Å². The summed E-state index contributed by atoms with van der Waals surface area (Å²) >= 11 is 0. The summed E-state index contributed by atoms with van der Waals surface area (Å²) in [6.07, 6.45) is 1.76. The minimum atomic E-state index is -0.342. The maximum atomic E-state index is 11.7. The van der Waals surface area contributed by atoms with Gasteiger partial charge in [-0.2, -0.15) is 0 Å². The summed E-state index contributed by atoms with van der Waals surface area (Å²) in [5.74, 6) is 1.53. The van der Waals surface area contributed by atoms with Gasteiger partial charge in [0.25, 0.3) is 0 Å². The van der Waals surface area contributed by atoms with Crippen molar-refractivity contribution in [2.24, 2.45) is 0 Å². The van der Waals surface area contributed by atoms with Crippen molar-refractivity contribution in [1.82, 2.24) is 9.80 Å². The Balaban J connectivity index is 1.53. The number of hydrogen-bond donors (Lipinski definition) is 0. The second kappa shape index (κ2) is 6.89. The van der Waals surface area contributed by atoms with Gasteiger partial charge < -0.3 is 19.1 Å². The molecule has 1 amide bonds. The summed E-state index contributed by atoms with van der Waals surface area (Å²) in [4.78, 5) is 15.7. The SMILES string of the molecule is COc1cc(C)ccc1OCCN1CCCC2(C1)CN(C)C(=O)O2. The van der Waals surface area contributed by atoms with Crippen LogP contribution in [0.4, 0.5) is 4.79 Å². The highest BCUT2D eigenvalue weighted by molar-refractivity contribution is 5.70. The molecule has 0 aliphatic carbocycles. The second-order valence-electron chi connectivity index (χ2n) is 6.79. The van der Waals surface area contributed by atoms with Crippen LogP contribution in [0.5, 0.6) is 11.5 Å². The number of likely N-dealkylation sites (tertiary alicyclic amines) is 1. The molecule has 6 nitrogen and oxygen atoms in total. The zero-order valence-corrected chi connectivity index (χ0v) is 14.7. The molecule has 0 saturated carbocycles. The number of amides is 1. The Kier molecular flexibility index (Phi) is 4.85. The Hall–Kier alpha value is -1.95. The van der Waals surface area contributed by atoms with E-state index in [4.69, 9.17) is 14.2 Å². The van der Waals surface area contributed by atoms with E-state index in [1.807, 2.05) is 25.1 Å². The van der Waals surface area contributed by atoms with Gasteiger partial charge in [0.05, 0.1) is 13.7 Å². The number of piperidine rings is 1. The van der Waals surface area contributed by atoms with Gasteiger partial charge in [-0.05, 0) is 44.0 Å². The third-order valence-corrected chi connectivity index (χ3v) is 4.74. The smallest absolute Gasteiger partial charge is 0.410 e. The quantitative estimate of drug-likeness (QED) is 0.827. The van der Waals surface area contributed by atoms with Gasteiger partial charge in [0.15, 0.2) is 11.5 Å². The lowest BCUT2D eigenvalue weighted by molar-refractivity contribution is -0.0117. The second-order valence-corrected chi connectivity index (χ2v) is 6.79. The van der Waals surface area contributed by atoms with Crippen molar-refractivity contribution in [1.29, 1.82) is 0 Å². The summed E-state index contributed by atoms with van der Waals surface area (Å²) < 4.78 is 16.9. The molecule has 1 unspecified atom stereocenters. The minimum absolute atomic E-state index is 0.211. The molecule has 2 aliphatic rings. The number of carbonyl (C=O) groups excluding carboxylic acids is 1. The first-order valence-corrected chi connectivity index (χ1v) is 8.45. The molecule has 0 radical (unpaired) electrons. The first-order chi connectivity index (χ1) is 11.5. The van der Waals surface area contributed by atoms with Gasteiger partial charge in [-0.1, -0.05) is 6.07 Å². The summed E-state index contributed by atoms with van der Waals surface area (Å²) in [5.41, 5.74) is 0.801. The van der Waals surface area contributed by atoms with Crippen molar-refractivity contribution in [3.63, 3.8) is 0 Å². The summed E-state index contributed by atoms with van der Waals surface area (Å²) in [7, 11) is 3.45. The lowest BCUT2D eigenvalue weighted by Gasteiger charge is -2.38. The van der Waals surface area contributed by atoms with E-state index < -0.39 is 0 Å².